The third kappa shape index (κ3) is 3.16. The fourth-order valence-corrected chi connectivity index (χ4v) is 2.58. The van der Waals surface area contributed by atoms with Crippen molar-refractivity contribution in [1.29, 1.82) is 0 Å². The first-order chi connectivity index (χ1) is 10.2. The Morgan fingerprint density at radius 3 is 2.64 bits per heavy atom. The predicted octanol–water partition coefficient (Wildman–Crippen LogP) is 3.67. The maximum atomic E-state index is 12.3. The van der Waals surface area contributed by atoms with E-state index in [1.54, 1.807) is 39.0 Å². The van der Waals surface area contributed by atoms with Gasteiger partial charge >= 0.3 is 12.3 Å². The van der Waals surface area contributed by atoms with Gasteiger partial charge in [-0.25, -0.2) is 4.79 Å². The number of carbonyl (C=O) groups is 2. The lowest BCUT2D eigenvalue weighted by molar-refractivity contribution is 0.00235. The van der Waals surface area contributed by atoms with Crippen LogP contribution in [-0.4, -0.2) is 33.0 Å². The Kier molecular flexibility index (Phi) is 4.30. The van der Waals surface area contributed by atoms with Gasteiger partial charge in [0, 0.05) is 16.1 Å². The zero-order chi connectivity index (χ0) is 16.5. The van der Waals surface area contributed by atoms with Gasteiger partial charge in [0.15, 0.2) is 0 Å². The van der Waals surface area contributed by atoms with Gasteiger partial charge in [-0.15, -0.1) is 0 Å². The number of Topliss-reactive ketones (excluding diaryl/α,β-unsaturated/α-hetero) is 1. The van der Waals surface area contributed by atoms with Crippen LogP contribution in [0.2, 0.25) is 0 Å². The Morgan fingerprint density at radius 1 is 1.36 bits per heavy atom. The van der Waals surface area contributed by atoms with Gasteiger partial charge in [-0.05, 0) is 32.9 Å². The van der Waals surface area contributed by atoms with Crippen molar-refractivity contribution in [2.45, 2.75) is 26.4 Å². The highest BCUT2D eigenvalue weighted by Gasteiger charge is 2.24. The molecule has 0 atom stereocenters. The van der Waals surface area contributed by atoms with Crippen LogP contribution in [0.5, 0.6) is 0 Å². The quantitative estimate of drug-likeness (QED) is 0.353. The van der Waals surface area contributed by atoms with Crippen LogP contribution in [0.1, 0.15) is 31.1 Å². The largest absolute Gasteiger partial charge is 0.443 e. The summed E-state index contributed by atoms with van der Waals surface area (Å²) in [6, 6.07) is 5.22. The minimum Gasteiger partial charge on any atom is -0.443 e. The summed E-state index contributed by atoms with van der Waals surface area (Å²) in [4.78, 5) is 27.1. The van der Waals surface area contributed by atoms with Crippen molar-refractivity contribution in [3.63, 3.8) is 0 Å². The SMILES string of the molecule is CC(C)(C)OC(=O)n1cc(C(=O)C=[N+]=[N-])c2c(Br)cccc21. The van der Waals surface area contributed by atoms with E-state index in [1.807, 2.05) is 0 Å². The molecular formula is C15H14BrN3O3. The van der Waals surface area contributed by atoms with Crippen LogP contribution in [0.4, 0.5) is 4.79 Å². The molecule has 0 aliphatic heterocycles. The first-order valence-corrected chi connectivity index (χ1v) is 7.28. The van der Waals surface area contributed by atoms with Gasteiger partial charge in [0.1, 0.15) is 5.60 Å². The Morgan fingerprint density at radius 2 is 2.05 bits per heavy atom. The molecule has 1 heterocycles. The first kappa shape index (κ1) is 16.1. The van der Waals surface area contributed by atoms with E-state index in [1.165, 1.54) is 10.8 Å². The van der Waals surface area contributed by atoms with Gasteiger partial charge in [-0.3, -0.25) is 9.36 Å². The van der Waals surface area contributed by atoms with E-state index >= 15 is 0 Å². The molecule has 0 saturated heterocycles. The van der Waals surface area contributed by atoms with Crippen molar-refractivity contribution in [1.82, 2.24) is 4.57 Å². The van der Waals surface area contributed by atoms with Crippen LogP contribution in [0.25, 0.3) is 16.4 Å². The highest BCUT2D eigenvalue weighted by molar-refractivity contribution is 9.10. The summed E-state index contributed by atoms with van der Waals surface area (Å²) in [5.74, 6) is -0.512. The molecular weight excluding hydrogens is 350 g/mol. The molecule has 0 bridgehead atoms. The van der Waals surface area contributed by atoms with E-state index in [-0.39, 0.29) is 5.56 Å². The van der Waals surface area contributed by atoms with Crippen LogP contribution in [0.15, 0.2) is 28.9 Å². The van der Waals surface area contributed by atoms with Crippen molar-refractivity contribution < 1.29 is 19.1 Å². The van der Waals surface area contributed by atoms with Gasteiger partial charge in [0.25, 0.3) is 5.78 Å². The van der Waals surface area contributed by atoms with Crippen LogP contribution < -0.4 is 0 Å². The summed E-state index contributed by atoms with van der Waals surface area (Å²) < 4.78 is 7.26. The number of hydrogen-bond donors (Lipinski definition) is 0. The van der Waals surface area contributed by atoms with E-state index in [0.717, 1.165) is 6.21 Å². The maximum absolute atomic E-state index is 12.3. The molecule has 0 radical (unpaired) electrons. The minimum atomic E-state index is -0.656. The summed E-state index contributed by atoms with van der Waals surface area (Å²) in [5, 5.41) is 0.554. The maximum Gasteiger partial charge on any atom is 0.419 e. The standard InChI is InChI=1S/C15H14BrN3O3/c1-15(2,3)22-14(21)19-8-9(12(20)7-18-17)13-10(16)5-4-6-11(13)19/h4-8H,1-3H3. The topological polar surface area (TPSA) is 84.7 Å². The van der Waals surface area contributed by atoms with Crippen molar-refractivity contribution >= 4 is 44.9 Å². The lowest BCUT2D eigenvalue weighted by atomic mass is 10.1. The summed E-state index contributed by atoms with van der Waals surface area (Å²) in [7, 11) is 0. The first-order valence-electron chi connectivity index (χ1n) is 6.49. The number of nitrogens with zero attached hydrogens (tertiary/aromatic N) is 3. The number of hydrogen-bond acceptors (Lipinski definition) is 3. The number of fused-ring (bicyclic) bond motifs is 1. The highest BCUT2D eigenvalue weighted by atomic mass is 79.9. The predicted molar refractivity (Wildman–Crippen MR) is 85.3 cm³/mol. The van der Waals surface area contributed by atoms with E-state index in [2.05, 4.69) is 20.7 Å². The smallest absolute Gasteiger partial charge is 0.419 e. The molecule has 0 amide bonds. The van der Waals surface area contributed by atoms with Gasteiger partial charge in [-0.1, -0.05) is 22.0 Å². The molecule has 0 spiro atoms. The van der Waals surface area contributed by atoms with Crippen LogP contribution in [0, 0.1) is 0 Å². The van der Waals surface area contributed by atoms with Gasteiger partial charge in [0.2, 0.25) is 0 Å². The normalized spacial score (nSPS) is 11.1. The van der Waals surface area contributed by atoms with Crippen LogP contribution >= 0.6 is 15.9 Å². The number of ether oxygens (including phenoxy) is 1. The van der Waals surface area contributed by atoms with Crippen molar-refractivity contribution in [2.75, 3.05) is 0 Å². The molecule has 7 heteroatoms. The van der Waals surface area contributed by atoms with E-state index in [9.17, 15) is 9.59 Å². The Hall–Kier alpha value is -2.24. The molecule has 2 rings (SSSR count). The fraction of sp³-hybridized carbons (Fsp3) is 0.267. The van der Waals surface area contributed by atoms with Gasteiger partial charge in [-0.2, -0.15) is 4.79 Å². The summed E-state index contributed by atoms with van der Waals surface area (Å²) in [6.07, 6.45) is 1.58. The molecule has 6 nitrogen and oxygen atoms in total. The molecule has 1 aromatic heterocycles. The minimum absolute atomic E-state index is 0.242. The summed E-state index contributed by atoms with van der Waals surface area (Å²) in [6.45, 7) is 5.28. The Labute approximate surface area is 135 Å². The zero-order valence-electron chi connectivity index (χ0n) is 12.3. The van der Waals surface area contributed by atoms with Gasteiger partial charge in [0.05, 0.1) is 11.1 Å². The number of halogens is 1. The number of benzene rings is 1. The molecule has 0 saturated carbocycles. The average molecular weight is 364 g/mol. The second kappa shape index (κ2) is 5.87. The Bertz CT molecular complexity index is 811. The number of aromatic nitrogens is 1. The molecule has 1 aromatic carbocycles. The third-order valence-electron chi connectivity index (χ3n) is 2.81. The van der Waals surface area contributed by atoms with E-state index in [4.69, 9.17) is 10.3 Å². The van der Waals surface area contributed by atoms with Gasteiger partial charge < -0.3 is 10.3 Å². The summed E-state index contributed by atoms with van der Waals surface area (Å²) >= 11 is 3.37. The van der Waals surface area contributed by atoms with Crippen molar-refractivity contribution in [3.05, 3.63) is 40.0 Å². The molecule has 0 aliphatic carbocycles. The molecule has 0 fully saturated rings. The number of carbonyl (C=O) groups excluding carboxylic acids is 2. The zero-order valence-corrected chi connectivity index (χ0v) is 13.9. The lowest BCUT2D eigenvalue weighted by Crippen LogP contribution is -2.26. The van der Waals surface area contributed by atoms with Crippen LogP contribution in [0.3, 0.4) is 0 Å². The molecule has 0 aliphatic rings. The van der Waals surface area contributed by atoms with Crippen LogP contribution in [-0.2, 0) is 4.74 Å². The second-order valence-electron chi connectivity index (χ2n) is 5.64. The molecule has 0 N–H and O–H groups in total. The number of rotatable bonds is 2. The third-order valence-corrected chi connectivity index (χ3v) is 3.47. The number of ketones is 1. The molecule has 0 unspecified atom stereocenters. The monoisotopic (exact) mass is 363 g/mol. The average Bonchev–Trinajstić information content (AvgIpc) is 2.78. The highest BCUT2D eigenvalue weighted by Crippen LogP contribution is 2.29. The van der Waals surface area contributed by atoms with E-state index < -0.39 is 17.5 Å². The van der Waals surface area contributed by atoms with E-state index in [0.29, 0.717) is 15.4 Å². The van der Waals surface area contributed by atoms with Crippen molar-refractivity contribution in [2.24, 2.45) is 0 Å². The fourth-order valence-electron chi connectivity index (χ4n) is 2.01. The molecule has 114 valence electrons. The second-order valence-corrected chi connectivity index (χ2v) is 6.49. The summed E-state index contributed by atoms with van der Waals surface area (Å²) in [5.41, 5.74) is 8.66. The Balaban J connectivity index is 2.67. The van der Waals surface area contributed by atoms with Crippen molar-refractivity contribution in [3.8, 4) is 0 Å². The lowest BCUT2D eigenvalue weighted by Gasteiger charge is -2.19. The molecule has 22 heavy (non-hydrogen) atoms. The molecule has 2 aromatic rings.